The van der Waals surface area contributed by atoms with Crippen molar-refractivity contribution in [1.82, 2.24) is 9.55 Å². The monoisotopic (exact) mass is 471 g/mol. The van der Waals surface area contributed by atoms with Crippen molar-refractivity contribution in [1.29, 1.82) is 0 Å². The number of hydrogen-bond acceptors (Lipinski definition) is 7. The fraction of sp³-hybridized carbons (Fsp3) is 0.375. The zero-order valence-corrected chi connectivity index (χ0v) is 20.1. The minimum Gasteiger partial charge on any atom is -0.497 e. The Labute approximate surface area is 197 Å². The zero-order chi connectivity index (χ0) is 23.8. The highest BCUT2D eigenvalue weighted by atomic mass is 32.2. The number of para-hydroxylation sites is 1. The summed E-state index contributed by atoms with van der Waals surface area (Å²) >= 11 is 1.22. The lowest BCUT2D eigenvalue weighted by atomic mass is 10.2. The molecule has 1 heterocycles. The van der Waals surface area contributed by atoms with E-state index in [2.05, 4.69) is 10.3 Å². The van der Waals surface area contributed by atoms with Crippen LogP contribution in [0.1, 0.15) is 20.3 Å². The molecule has 0 saturated carbocycles. The van der Waals surface area contributed by atoms with E-state index in [1.807, 2.05) is 26.0 Å². The first-order valence-corrected chi connectivity index (χ1v) is 11.7. The van der Waals surface area contributed by atoms with E-state index in [0.29, 0.717) is 52.8 Å². The lowest BCUT2D eigenvalue weighted by Crippen LogP contribution is -2.25. The molecule has 0 unspecified atom stereocenters. The second kappa shape index (κ2) is 11.7. The molecule has 8 nitrogen and oxygen atoms in total. The van der Waals surface area contributed by atoms with Gasteiger partial charge in [-0.3, -0.25) is 14.2 Å². The van der Waals surface area contributed by atoms with E-state index >= 15 is 0 Å². The van der Waals surface area contributed by atoms with Gasteiger partial charge >= 0.3 is 0 Å². The molecule has 176 valence electrons. The van der Waals surface area contributed by atoms with Gasteiger partial charge in [-0.2, -0.15) is 0 Å². The summed E-state index contributed by atoms with van der Waals surface area (Å²) in [6.45, 7) is 4.95. The van der Waals surface area contributed by atoms with Crippen LogP contribution in [0, 0.1) is 0 Å². The van der Waals surface area contributed by atoms with Crippen LogP contribution < -0.4 is 20.3 Å². The van der Waals surface area contributed by atoms with Gasteiger partial charge in [0.1, 0.15) is 11.5 Å². The Morgan fingerprint density at radius 2 is 1.82 bits per heavy atom. The Bertz CT molecular complexity index is 1140. The van der Waals surface area contributed by atoms with Gasteiger partial charge in [-0.05, 0) is 32.4 Å². The van der Waals surface area contributed by atoms with Gasteiger partial charge in [0.05, 0.1) is 37.0 Å². The van der Waals surface area contributed by atoms with Gasteiger partial charge in [0.2, 0.25) is 5.91 Å². The quantitative estimate of drug-likeness (QED) is 0.257. The predicted molar refractivity (Wildman–Crippen MR) is 131 cm³/mol. The summed E-state index contributed by atoms with van der Waals surface area (Å²) in [6, 6.07) is 12.4. The topological polar surface area (TPSA) is 91.7 Å². The summed E-state index contributed by atoms with van der Waals surface area (Å²) in [4.78, 5) is 30.4. The third-order valence-corrected chi connectivity index (χ3v) is 5.75. The van der Waals surface area contributed by atoms with Crippen LogP contribution in [0.15, 0.2) is 52.4 Å². The number of nitrogens with zero attached hydrogens (tertiary/aromatic N) is 2. The summed E-state index contributed by atoms with van der Waals surface area (Å²) in [7, 11) is 3.10. The highest BCUT2D eigenvalue weighted by Crippen LogP contribution is 2.26. The van der Waals surface area contributed by atoms with Gasteiger partial charge in [-0.1, -0.05) is 23.9 Å². The van der Waals surface area contributed by atoms with Crippen molar-refractivity contribution < 1.29 is 19.0 Å². The number of hydrogen-bond donors (Lipinski definition) is 1. The molecule has 3 aromatic rings. The van der Waals surface area contributed by atoms with E-state index in [9.17, 15) is 9.59 Å². The Kier molecular flexibility index (Phi) is 8.73. The van der Waals surface area contributed by atoms with Crippen molar-refractivity contribution in [3.8, 4) is 11.5 Å². The second-order valence-corrected chi connectivity index (χ2v) is 8.52. The zero-order valence-electron chi connectivity index (χ0n) is 19.3. The largest absolute Gasteiger partial charge is 0.497 e. The van der Waals surface area contributed by atoms with Crippen molar-refractivity contribution in [3.63, 3.8) is 0 Å². The van der Waals surface area contributed by atoms with E-state index in [1.165, 1.54) is 11.8 Å². The van der Waals surface area contributed by atoms with Crippen molar-refractivity contribution in [2.75, 3.05) is 31.9 Å². The molecule has 0 saturated heterocycles. The average molecular weight is 472 g/mol. The molecule has 3 rings (SSSR count). The van der Waals surface area contributed by atoms with Crippen LogP contribution in [0.25, 0.3) is 10.9 Å². The van der Waals surface area contributed by atoms with Gasteiger partial charge in [0, 0.05) is 37.0 Å². The molecule has 0 bridgehead atoms. The van der Waals surface area contributed by atoms with Gasteiger partial charge in [-0.15, -0.1) is 0 Å². The lowest BCUT2D eigenvalue weighted by molar-refractivity contribution is -0.113. The van der Waals surface area contributed by atoms with Gasteiger partial charge < -0.3 is 19.5 Å². The third kappa shape index (κ3) is 6.72. The number of carbonyl (C=O) groups is 1. The van der Waals surface area contributed by atoms with Crippen molar-refractivity contribution >= 4 is 34.3 Å². The number of thioether (sulfide) groups is 1. The SMILES string of the molecule is COc1cc(NC(=O)CSc2nc3ccccc3c(=O)n2CCCOC(C)C)cc(OC)c1. The highest BCUT2D eigenvalue weighted by Gasteiger charge is 2.14. The first-order valence-electron chi connectivity index (χ1n) is 10.7. The number of fused-ring (bicyclic) bond motifs is 1. The summed E-state index contributed by atoms with van der Waals surface area (Å²) in [5.74, 6) is 1.01. The average Bonchev–Trinajstić information content (AvgIpc) is 2.81. The van der Waals surface area contributed by atoms with Crippen LogP contribution in [0.3, 0.4) is 0 Å². The lowest BCUT2D eigenvalue weighted by Gasteiger charge is -2.14. The summed E-state index contributed by atoms with van der Waals surface area (Å²) in [6.07, 6.45) is 0.797. The normalized spacial score (nSPS) is 11.1. The standard InChI is InChI=1S/C24H29N3O5S/c1-16(2)32-11-7-10-27-23(29)20-8-5-6-9-21(20)26-24(27)33-15-22(28)25-17-12-18(30-3)14-19(13-17)31-4/h5-6,8-9,12-14,16H,7,10-11,15H2,1-4H3,(H,25,28). The number of anilines is 1. The van der Waals surface area contributed by atoms with E-state index in [0.717, 1.165) is 0 Å². The van der Waals surface area contributed by atoms with Gasteiger partial charge in [-0.25, -0.2) is 4.98 Å². The minimum absolute atomic E-state index is 0.0901. The first-order chi connectivity index (χ1) is 15.9. The fourth-order valence-electron chi connectivity index (χ4n) is 3.20. The van der Waals surface area contributed by atoms with Crippen molar-refractivity contribution in [2.24, 2.45) is 0 Å². The molecular weight excluding hydrogens is 442 g/mol. The molecule has 1 aromatic heterocycles. The minimum atomic E-state index is -0.229. The van der Waals surface area contributed by atoms with Crippen LogP contribution in [-0.2, 0) is 16.1 Å². The molecule has 0 aliphatic rings. The van der Waals surface area contributed by atoms with Crippen LogP contribution in [0.2, 0.25) is 0 Å². The molecule has 0 radical (unpaired) electrons. The number of rotatable bonds is 11. The Balaban J connectivity index is 1.76. The van der Waals surface area contributed by atoms with Crippen LogP contribution >= 0.6 is 11.8 Å². The molecular formula is C24H29N3O5S. The summed E-state index contributed by atoms with van der Waals surface area (Å²) < 4.78 is 17.7. The van der Waals surface area contributed by atoms with Gasteiger partial charge in [0.25, 0.3) is 5.56 Å². The number of aromatic nitrogens is 2. The fourth-order valence-corrected chi connectivity index (χ4v) is 4.03. The molecule has 0 spiro atoms. The summed E-state index contributed by atoms with van der Waals surface area (Å²) in [5, 5.41) is 3.90. The maximum absolute atomic E-state index is 13.1. The van der Waals surface area contributed by atoms with Crippen molar-refractivity contribution in [2.45, 2.75) is 38.1 Å². The molecule has 0 fully saturated rings. The Morgan fingerprint density at radius 3 is 2.48 bits per heavy atom. The molecule has 33 heavy (non-hydrogen) atoms. The van der Waals surface area contributed by atoms with E-state index in [1.54, 1.807) is 49.1 Å². The predicted octanol–water partition coefficient (Wildman–Crippen LogP) is 3.96. The molecule has 0 aliphatic heterocycles. The second-order valence-electron chi connectivity index (χ2n) is 7.58. The maximum atomic E-state index is 13.1. The summed E-state index contributed by atoms with van der Waals surface area (Å²) in [5.41, 5.74) is 1.05. The number of ether oxygens (including phenoxy) is 3. The number of methoxy groups -OCH3 is 2. The molecule has 2 aromatic carbocycles. The number of nitrogens with one attached hydrogen (secondary N) is 1. The molecule has 1 amide bonds. The molecule has 0 aliphatic carbocycles. The molecule has 0 atom stereocenters. The van der Waals surface area contributed by atoms with Crippen LogP contribution in [0.5, 0.6) is 11.5 Å². The van der Waals surface area contributed by atoms with E-state index < -0.39 is 0 Å². The number of amides is 1. The molecule has 9 heteroatoms. The number of carbonyl (C=O) groups excluding carboxylic acids is 1. The Hall–Kier alpha value is -3.04. The van der Waals surface area contributed by atoms with E-state index in [-0.39, 0.29) is 23.3 Å². The maximum Gasteiger partial charge on any atom is 0.262 e. The van der Waals surface area contributed by atoms with E-state index in [4.69, 9.17) is 14.2 Å². The van der Waals surface area contributed by atoms with Crippen molar-refractivity contribution in [3.05, 3.63) is 52.8 Å². The number of benzene rings is 2. The first kappa shape index (κ1) is 24.6. The third-order valence-electron chi connectivity index (χ3n) is 4.77. The van der Waals surface area contributed by atoms with Gasteiger partial charge in [0.15, 0.2) is 5.16 Å². The Morgan fingerprint density at radius 1 is 1.12 bits per heavy atom. The molecule has 1 N–H and O–H groups in total. The van der Waals surface area contributed by atoms with Crippen LogP contribution in [-0.4, -0.2) is 48.1 Å². The van der Waals surface area contributed by atoms with Crippen LogP contribution in [0.4, 0.5) is 5.69 Å². The highest BCUT2D eigenvalue weighted by molar-refractivity contribution is 7.99. The smallest absolute Gasteiger partial charge is 0.262 e.